The molecule has 1 atom stereocenters. The number of halogens is 1. The van der Waals surface area contributed by atoms with Gasteiger partial charge in [0.25, 0.3) is 11.7 Å². The van der Waals surface area contributed by atoms with Crippen LogP contribution < -0.4 is 9.64 Å². The van der Waals surface area contributed by atoms with Crippen LogP contribution >= 0.6 is 11.6 Å². The Labute approximate surface area is 217 Å². The second-order valence-electron chi connectivity index (χ2n) is 9.90. The largest absolute Gasteiger partial charge is 0.507 e. The van der Waals surface area contributed by atoms with Gasteiger partial charge in [-0.2, -0.15) is 0 Å². The molecular weight excluding hydrogens is 474 g/mol. The van der Waals surface area contributed by atoms with Crippen LogP contribution in [-0.2, 0) is 15.0 Å². The van der Waals surface area contributed by atoms with Gasteiger partial charge in [0.05, 0.1) is 18.2 Å². The number of carbonyl (C=O) groups is 2. The number of hydrogen-bond donors (Lipinski definition) is 1. The average Bonchev–Trinajstić information content (AvgIpc) is 3.11. The summed E-state index contributed by atoms with van der Waals surface area (Å²) in [5.74, 6) is -0.959. The lowest BCUT2D eigenvalue weighted by Crippen LogP contribution is -2.30. The third-order valence-corrected chi connectivity index (χ3v) is 6.59. The fourth-order valence-electron chi connectivity index (χ4n) is 4.57. The molecule has 1 saturated heterocycles. The van der Waals surface area contributed by atoms with Gasteiger partial charge in [-0.3, -0.25) is 14.5 Å². The molecule has 36 heavy (non-hydrogen) atoms. The number of aryl methyl sites for hydroxylation is 1. The van der Waals surface area contributed by atoms with Crippen molar-refractivity contribution in [3.63, 3.8) is 0 Å². The second-order valence-corrected chi connectivity index (χ2v) is 10.3. The monoisotopic (exact) mass is 503 g/mol. The van der Waals surface area contributed by atoms with E-state index in [1.807, 2.05) is 50.2 Å². The molecule has 186 valence electrons. The van der Waals surface area contributed by atoms with Crippen LogP contribution in [0.5, 0.6) is 5.75 Å². The highest BCUT2D eigenvalue weighted by atomic mass is 35.5. The summed E-state index contributed by atoms with van der Waals surface area (Å²) in [7, 11) is 0. The molecule has 3 aromatic carbocycles. The molecule has 0 aliphatic carbocycles. The molecule has 1 aliphatic rings. The van der Waals surface area contributed by atoms with Crippen LogP contribution in [-0.4, -0.2) is 23.4 Å². The van der Waals surface area contributed by atoms with E-state index < -0.39 is 17.7 Å². The molecular formula is C30H30ClNO4. The van der Waals surface area contributed by atoms with Crippen molar-refractivity contribution in [3.8, 4) is 5.75 Å². The first-order chi connectivity index (χ1) is 17.0. The predicted octanol–water partition coefficient (Wildman–Crippen LogP) is 6.97. The number of ketones is 1. The first-order valence-corrected chi connectivity index (χ1v) is 12.3. The minimum Gasteiger partial charge on any atom is -0.507 e. The van der Waals surface area contributed by atoms with E-state index in [1.165, 1.54) is 4.90 Å². The maximum absolute atomic E-state index is 13.5. The van der Waals surface area contributed by atoms with Gasteiger partial charge in [0.2, 0.25) is 0 Å². The van der Waals surface area contributed by atoms with Crippen molar-refractivity contribution >= 4 is 34.7 Å². The number of aliphatic hydroxyl groups is 1. The van der Waals surface area contributed by atoms with E-state index >= 15 is 0 Å². The Morgan fingerprint density at radius 1 is 1.03 bits per heavy atom. The zero-order valence-corrected chi connectivity index (χ0v) is 21.9. The lowest BCUT2D eigenvalue weighted by atomic mass is 9.84. The number of anilines is 1. The van der Waals surface area contributed by atoms with Gasteiger partial charge < -0.3 is 9.84 Å². The Bertz CT molecular complexity index is 1360. The van der Waals surface area contributed by atoms with Gasteiger partial charge in [0.1, 0.15) is 11.5 Å². The normalized spacial score (nSPS) is 17.5. The molecule has 1 fully saturated rings. The molecule has 1 amide bonds. The predicted molar refractivity (Wildman–Crippen MR) is 144 cm³/mol. The van der Waals surface area contributed by atoms with Gasteiger partial charge in [-0.05, 0) is 60.7 Å². The smallest absolute Gasteiger partial charge is 0.300 e. The number of aliphatic hydroxyl groups excluding tert-OH is 1. The van der Waals surface area contributed by atoms with Crippen molar-refractivity contribution in [1.29, 1.82) is 0 Å². The second kappa shape index (κ2) is 9.82. The van der Waals surface area contributed by atoms with Gasteiger partial charge in [0.15, 0.2) is 0 Å². The highest BCUT2D eigenvalue weighted by Crippen LogP contribution is 2.44. The van der Waals surface area contributed by atoms with E-state index in [0.717, 1.165) is 16.9 Å². The van der Waals surface area contributed by atoms with Gasteiger partial charge in [-0.25, -0.2) is 0 Å². The van der Waals surface area contributed by atoms with Crippen molar-refractivity contribution in [3.05, 3.63) is 99.6 Å². The molecule has 1 aliphatic heterocycles. The molecule has 4 rings (SSSR count). The summed E-state index contributed by atoms with van der Waals surface area (Å²) in [5, 5.41) is 12.0. The molecule has 1 heterocycles. The molecule has 0 aromatic heterocycles. The zero-order chi connectivity index (χ0) is 26.2. The van der Waals surface area contributed by atoms with Crippen LogP contribution in [0.4, 0.5) is 5.69 Å². The van der Waals surface area contributed by atoms with Crippen molar-refractivity contribution < 1.29 is 19.4 Å². The molecule has 1 N–H and O–H groups in total. The summed E-state index contributed by atoms with van der Waals surface area (Å²) >= 11 is 6.27. The lowest BCUT2D eigenvalue weighted by molar-refractivity contribution is -0.132. The number of benzene rings is 3. The van der Waals surface area contributed by atoms with E-state index in [9.17, 15) is 14.7 Å². The molecule has 1 unspecified atom stereocenters. The third-order valence-electron chi connectivity index (χ3n) is 6.35. The van der Waals surface area contributed by atoms with Crippen LogP contribution in [0.2, 0.25) is 5.02 Å². The summed E-state index contributed by atoms with van der Waals surface area (Å²) in [6.45, 7) is 10.4. The summed E-state index contributed by atoms with van der Waals surface area (Å²) in [6.07, 6.45) is 0. The highest BCUT2D eigenvalue weighted by molar-refractivity contribution is 6.52. The Morgan fingerprint density at radius 3 is 2.36 bits per heavy atom. The quantitative estimate of drug-likeness (QED) is 0.232. The van der Waals surface area contributed by atoms with Crippen molar-refractivity contribution in [2.45, 2.75) is 46.1 Å². The van der Waals surface area contributed by atoms with Crippen LogP contribution in [0.25, 0.3) is 5.76 Å². The van der Waals surface area contributed by atoms with Crippen LogP contribution in [0.15, 0.2) is 72.3 Å². The highest BCUT2D eigenvalue weighted by Gasteiger charge is 2.47. The van der Waals surface area contributed by atoms with Gasteiger partial charge in [0, 0.05) is 21.8 Å². The van der Waals surface area contributed by atoms with Crippen LogP contribution in [0.3, 0.4) is 0 Å². The fraction of sp³-hybridized carbons (Fsp3) is 0.267. The molecule has 0 saturated carbocycles. The molecule has 0 bridgehead atoms. The topological polar surface area (TPSA) is 66.8 Å². The molecule has 3 aromatic rings. The standard InChI is InChI=1S/C30H30ClNO4/c1-6-36-24-15-13-20(16-22(24)30(3,4)5)27(33)25-26(19-10-8-7-9-11-19)32(29(35)28(25)34)23-17-21(31)14-12-18(23)2/h7-17,26,33H,6H2,1-5H3/b27-25-. The molecule has 0 radical (unpaired) electrons. The number of rotatable bonds is 5. The Morgan fingerprint density at radius 2 is 1.72 bits per heavy atom. The Kier molecular flexibility index (Phi) is 6.96. The fourth-order valence-corrected chi connectivity index (χ4v) is 4.74. The van der Waals surface area contributed by atoms with Crippen LogP contribution in [0, 0.1) is 6.92 Å². The van der Waals surface area contributed by atoms with Crippen LogP contribution in [0.1, 0.15) is 56.0 Å². The minimum atomic E-state index is -0.812. The molecule has 0 spiro atoms. The van der Waals surface area contributed by atoms with E-state index in [1.54, 1.807) is 30.3 Å². The van der Waals surface area contributed by atoms with Gasteiger partial charge >= 0.3 is 0 Å². The number of carbonyl (C=O) groups excluding carboxylic acids is 2. The van der Waals surface area contributed by atoms with Gasteiger partial charge in [-0.1, -0.05) is 68.8 Å². The van der Waals surface area contributed by atoms with E-state index in [0.29, 0.717) is 28.4 Å². The maximum atomic E-state index is 13.5. The molecule has 6 heteroatoms. The van der Waals surface area contributed by atoms with Crippen molar-refractivity contribution in [2.24, 2.45) is 0 Å². The number of hydrogen-bond acceptors (Lipinski definition) is 4. The average molecular weight is 504 g/mol. The molecule has 5 nitrogen and oxygen atoms in total. The number of ether oxygens (including phenoxy) is 1. The van der Waals surface area contributed by atoms with E-state index in [2.05, 4.69) is 20.8 Å². The SMILES string of the molecule is CCOc1ccc(/C(O)=C2/C(=O)C(=O)N(c3cc(Cl)ccc3C)C2c2ccccc2)cc1C(C)(C)C. The van der Waals surface area contributed by atoms with Gasteiger partial charge in [-0.15, -0.1) is 0 Å². The zero-order valence-electron chi connectivity index (χ0n) is 21.1. The number of amides is 1. The van der Waals surface area contributed by atoms with Crippen molar-refractivity contribution in [1.82, 2.24) is 0 Å². The summed E-state index contributed by atoms with van der Waals surface area (Å²) < 4.78 is 5.81. The first kappa shape index (κ1) is 25.5. The maximum Gasteiger partial charge on any atom is 0.300 e. The Balaban J connectivity index is 1.96. The third kappa shape index (κ3) is 4.63. The summed E-state index contributed by atoms with van der Waals surface area (Å²) in [4.78, 5) is 28.3. The first-order valence-electron chi connectivity index (χ1n) is 11.9. The number of Topliss-reactive ketones (excluding diaryl/α,β-unsaturated/α-hetero) is 1. The summed E-state index contributed by atoms with van der Waals surface area (Å²) in [5.41, 5.74) is 3.13. The summed E-state index contributed by atoms with van der Waals surface area (Å²) in [6, 6.07) is 19.0. The van der Waals surface area contributed by atoms with E-state index in [-0.39, 0.29) is 16.7 Å². The Hall–Kier alpha value is -3.57. The number of nitrogens with zero attached hydrogens (tertiary/aromatic N) is 1. The van der Waals surface area contributed by atoms with E-state index in [4.69, 9.17) is 16.3 Å². The van der Waals surface area contributed by atoms with Crippen molar-refractivity contribution in [2.75, 3.05) is 11.5 Å². The lowest BCUT2D eigenvalue weighted by Gasteiger charge is -2.27. The minimum absolute atomic E-state index is 0.0367.